The molecule has 1 fully saturated rings. The zero-order valence-corrected chi connectivity index (χ0v) is 19.6. The van der Waals surface area contributed by atoms with Gasteiger partial charge in [-0.3, -0.25) is 0 Å². The van der Waals surface area contributed by atoms with Gasteiger partial charge in [0.1, 0.15) is 4.90 Å². The second kappa shape index (κ2) is 9.66. The van der Waals surface area contributed by atoms with Gasteiger partial charge < -0.3 is 4.57 Å². The van der Waals surface area contributed by atoms with Gasteiger partial charge in [-0.2, -0.15) is 0 Å². The van der Waals surface area contributed by atoms with Crippen molar-refractivity contribution in [2.75, 3.05) is 0 Å². The van der Waals surface area contributed by atoms with Crippen molar-refractivity contribution in [2.24, 2.45) is 12.0 Å². The molecule has 3 aromatic rings. The van der Waals surface area contributed by atoms with Crippen LogP contribution in [0.5, 0.6) is 0 Å². The first-order valence-electron chi connectivity index (χ1n) is 9.50. The van der Waals surface area contributed by atoms with Crippen molar-refractivity contribution < 1.29 is 8.42 Å². The Balaban J connectivity index is 0.00000256. The molecular formula is C21H23Cl2N3O2S2. The molecule has 0 aliphatic heterocycles. The van der Waals surface area contributed by atoms with E-state index in [-0.39, 0.29) is 28.4 Å². The number of rotatable bonds is 5. The van der Waals surface area contributed by atoms with Crippen molar-refractivity contribution in [1.82, 2.24) is 9.29 Å². The van der Waals surface area contributed by atoms with Gasteiger partial charge in [-0.1, -0.05) is 48.7 Å². The summed E-state index contributed by atoms with van der Waals surface area (Å²) in [5, 5.41) is 2.21. The molecule has 0 unspecified atom stereocenters. The van der Waals surface area contributed by atoms with Crippen LogP contribution in [0, 0.1) is 0 Å². The Hall–Kier alpha value is -1.64. The summed E-state index contributed by atoms with van der Waals surface area (Å²) in [5.41, 5.74) is 2.55. The van der Waals surface area contributed by atoms with Gasteiger partial charge in [0.25, 0.3) is 0 Å². The zero-order valence-electron chi connectivity index (χ0n) is 16.4. The number of sulfonamides is 1. The van der Waals surface area contributed by atoms with Crippen LogP contribution >= 0.6 is 35.3 Å². The molecule has 2 aromatic carbocycles. The first-order chi connectivity index (χ1) is 13.9. The minimum absolute atomic E-state index is 0. The first kappa shape index (κ1) is 23.0. The molecule has 1 N–H and O–H groups in total. The van der Waals surface area contributed by atoms with Gasteiger partial charge in [0.15, 0.2) is 4.80 Å². The lowest BCUT2D eigenvalue weighted by Gasteiger charge is -2.14. The Labute approximate surface area is 191 Å². The van der Waals surface area contributed by atoms with Crippen LogP contribution in [0.1, 0.15) is 25.7 Å². The lowest BCUT2D eigenvalue weighted by molar-refractivity contribution is 0.552. The summed E-state index contributed by atoms with van der Waals surface area (Å²) in [4.78, 5) is 5.62. The van der Waals surface area contributed by atoms with E-state index in [1.165, 1.54) is 11.3 Å². The van der Waals surface area contributed by atoms with Gasteiger partial charge in [-0.05, 0) is 37.1 Å². The monoisotopic (exact) mass is 483 g/mol. The predicted octanol–water partition coefficient (Wildman–Crippen LogP) is 5.28. The molecule has 9 heteroatoms. The number of hydrogen-bond acceptors (Lipinski definition) is 4. The standard InChI is InChI=1S/C21H22ClN3O2S2.ClH/c1-25-19(14-28-21(25)23-16-7-3-2-4-8-16)15-11-12-18(22)20(13-15)29(26,27)24-17-9-5-6-10-17;/h2-4,7-8,11-14,17,24H,5-6,9-10H2,1H3;1H/b23-21+;. The third kappa shape index (κ3) is 4.98. The van der Waals surface area contributed by atoms with E-state index in [1.54, 1.807) is 12.1 Å². The maximum absolute atomic E-state index is 12.9. The normalized spacial score (nSPS) is 15.3. The number of thiazole rings is 1. The van der Waals surface area contributed by atoms with Crippen molar-refractivity contribution >= 4 is 51.1 Å². The van der Waals surface area contributed by atoms with Crippen molar-refractivity contribution in [2.45, 2.75) is 36.6 Å². The van der Waals surface area contributed by atoms with Gasteiger partial charge in [-0.15, -0.1) is 23.7 Å². The molecule has 1 heterocycles. The minimum Gasteiger partial charge on any atom is -0.320 e. The summed E-state index contributed by atoms with van der Waals surface area (Å²) in [5.74, 6) is 0. The molecule has 1 aromatic heterocycles. The fourth-order valence-electron chi connectivity index (χ4n) is 3.54. The topological polar surface area (TPSA) is 63.5 Å². The smallest absolute Gasteiger partial charge is 0.242 e. The van der Waals surface area contributed by atoms with Crippen molar-refractivity contribution in [1.29, 1.82) is 0 Å². The molecule has 0 atom stereocenters. The van der Waals surface area contributed by atoms with Gasteiger partial charge in [0.05, 0.1) is 16.4 Å². The highest BCUT2D eigenvalue weighted by Crippen LogP contribution is 2.29. The molecule has 160 valence electrons. The maximum Gasteiger partial charge on any atom is 0.242 e. The average Bonchev–Trinajstić information content (AvgIpc) is 3.33. The molecule has 5 nitrogen and oxygen atoms in total. The first-order valence-corrected chi connectivity index (χ1v) is 12.2. The largest absolute Gasteiger partial charge is 0.320 e. The lowest BCUT2D eigenvalue weighted by Crippen LogP contribution is -2.32. The Kier molecular flexibility index (Phi) is 7.42. The van der Waals surface area contributed by atoms with Crippen LogP contribution in [0.3, 0.4) is 0 Å². The highest BCUT2D eigenvalue weighted by molar-refractivity contribution is 7.89. The van der Waals surface area contributed by atoms with Crippen LogP contribution in [0.15, 0.2) is 63.8 Å². The van der Waals surface area contributed by atoms with E-state index in [1.807, 2.05) is 53.4 Å². The second-order valence-corrected chi connectivity index (χ2v) is 10.1. The number of nitrogens with one attached hydrogen (secondary N) is 1. The number of para-hydroxylation sites is 1. The average molecular weight is 484 g/mol. The number of aromatic nitrogens is 1. The van der Waals surface area contributed by atoms with E-state index in [0.717, 1.165) is 47.4 Å². The van der Waals surface area contributed by atoms with Crippen LogP contribution < -0.4 is 9.52 Å². The van der Waals surface area contributed by atoms with E-state index >= 15 is 0 Å². The summed E-state index contributed by atoms with van der Waals surface area (Å²) in [7, 11) is -1.75. The SMILES string of the molecule is Cl.Cn1c(-c2ccc(Cl)c(S(=O)(=O)NC3CCCC3)c2)cs/c1=N/c1ccccc1. The third-order valence-corrected chi connectivity index (χ3v) is 8.02. The Morgan fingerprint density at radius 3 is 2.53 bits per heavy atom. The molecule has 4 rings (SSSR count). The van der Waals surface area contributed by atoms with Gasteiger partial charge >= 0.3 is 0 Å². The summed E-state index contributed by atoms with van der Waals surface area (Å²) >= 11 is 7.77. The van der Waals surface area contributed by atoms with Crippen LogP contribution in [0.25, 0.3) is 11.3 Å². The molecule has 30 heavy (non-hydrogen) atoms. The Morgan fingerprint density at radius 1 is 1.13 bits per heavy atom. The van der Waals surface area contributed by atoms with Gasteiger partial charge in [-0.25, -0.2) is 18.1 Å². The van der Waals surface area contributed by atoms with E-state index in [0.29, 0.717) is 0 Å². The Morgan fingerprint density at radius 2 is 1.83 bits per heavy atom. The molecule has 1 saturated carbocycles. The van der Waals surface area contributed by atoms with Crippen LogP contribution in [0.2, 0.25) is 5.02 Å². The van der Waals surface area contributed by atoms with Crippen molar-refractivity contribution in [3.8, 4) is 11.3 Å². The molecule has 0 radical (unpaired) electrons. The summed E-state index contributed by atoms with van der Waals surface area (Å²) in [6.45, 7) is 0. The van der Waals surface area contributed by atoms with Crippen LogP contribution in [0.4, 0.5) is 5.69 Å². The number of benzene rings is 2. The molecule has 1 aliphatic carbocycles. The van der Waals surface area contributed by atoms with E-state index in [9.17, 15) is 8.42 Å². The molecular weight excluding hydrogens is 461 g/mol. The van der Waals surface area contributed by atoms with Crippen LogP contribution in [-0.2, 0) is 17.1 Å². The number of nitrogens with zero attached hydrogens (tertiary/aromatic N) is 2. The van der Waals surface area contributed by atoms with Crippen LogP contribution in [-0.4, -0.2) is 19.0 Å². The predicted molar refractivity (Wildman–Crippen MR) is 125 cm³/mol. The molecule has 1 aliphatic rings. The number of hydrogen-bond donors (Lipinski definition) is 1. The molecule has 0 saturated heterocycles. The third-order valence-electron chi connectivity index (χ3n) is 5.10. The fourth-order valence-corrected chi connectivity index (χ4v) is 6.30. The minimum atomic E-state index is -3.67. The quantitative estimate of drug-likeness (QED) is 0.536. The Bertz CT molecular complexity index is 1180. The second-order valence-electron chi connectivity index (χ2n) is 7.16. The zero-order chi connectivity index (χ0) is 20.4. The summed E-state index contributed by atoms with van der Waals surface area (Å²) in [6, 6.07) is 14.9. The van der Waals surface area contributed by atoms with E-state index < -0.39 is 10.0 Å². The summed E-state index contributed by atoms with van der Waals surface area (Å²) < 4.78 is 30.6. The molecule has 0 spiro atoms. The van der Waals surface area contributed by atoms with Gasteiger partial charge in [0.2, 0.25) is 10.0 Å². The summed E-state index contributed by atoms with van der Waals surface area (Å²) in [6.07, 6.45) is 3.86. The molecule has 0 bridgehead atoms. The van der Waals surface area contributed by atoms with Gasteiger partial charge in [0, 0.05) is 24.0 Å². The van der Waals surface area contributed by atoms with Crippen molar-refractivity contribution in [3.05, 3.63) is 63.7 Å². The lowest BCUT2D eigenvalue weighted by atomic mass is 10.2. The van der Waals surface area contributed by atoms with E-state index in [2.05, 4.69) is 9.71 Å². The number of halogens is 2. The highest BCUT2D eigenvalue weighted by Gasteiger charge is 2.25. The fraction of sp³-hybridized carbons (Fsp3) is 0.286. The highest BCUT2D eigenvalue weighted by atomic mass is 35.5. The van der Waals surface area contributed by atoms with E-state index in [4.69, 9.17) is 11.6 Å². The maximum atomic E-state index is 12.9. The van der Waals surface area contributed by atoms with Crippen molar-refractivity contribution in [3.63, 3.8) is 0 Å². The molecule has 0 amide bonds.